The second-order valence-electron chi connectivity index (χ2n) is 32.4. The number of unbranched alkanes of at least 4 members (excludes halogenated alkanes) is 5. The molecule has 14 aromatic rings. The normalized spacial score (nSPS) is 11.5. The van der Waals surface area contributed by atoms with Crippen LogP contribution in [0.3, 0.4) is 0 Å². The van der Waals surface area contributed by atoms with Crippen molar-refractivity contribution in [3.63, 3.8) is 0 Å². The summed E-state index contributed by atoms with van der Waals surface area (Å²) in [6.07, 6.45) is 13.3. The van der Waals surface area contributed by atoms with Crippen molar-refractivity contribution < 1.29 is 41.8 Å². The number of rotatable bonds is 33. The number of pyridine rings is 4. The highest BCUT2D eigenvalue weighted by Gasteiger charge is 2.30. The Morgan fingerprint density at radius 3 is 1.39 bits per heavy atom. The Balaban J connectivity index is 0.000000161. The third kappa shape index (κ3) is 26.3. The first-order chi connectivity index (χ1) is 64.6. The maximum Gasteiger partial charge on any atom is 0.275 e. The van der Waals surface area contributed by atoms with Gasteiger partial charge in [0.1, 0.15) is 46.2 Å². The molecule has 0 fully saturated rings. The molecule has 0 spiro atoms. The van der Waals surface area contributed by atoms with Crippen molar-refractivity contribution in [3.8, 4) is 105 Å². The zero-order valence-electron chi connectivity index (χ0n) is 77.1. The lowest BCUT2D eigenvalue weighted by molar-refractivity contribution is -0.116. The number of aromatic amines is 4. The van der Waals surface area contributed by atoms with E-state index in [9.17, 15) is 46.8 Å². The maximum atomic E-state index is 13.4. The predicted octanol–water partition coefficient (Wildman–Crippen LogP) is 24.1. The van der Waals surface area contributed by atoms with E-state index in [0.29, 0.717) is 97.4 Å². The second-order valence-corrected chi connectivity index (χ2v) is 36.9. The molecule has 1 aliphatic heterocycles. The summed E-state index contributed by atoms with van der Waals surface area (Å²) in [7, 11) is -3.83. The number of aromatic nitrogens is 4. The van der Waals surface area contributed by atoms with Gasteiger partial charge >= 0.3 is 0 Å². The minimum absolute atomic E-state index is 0.0728. The summed E-state index contributed by atoms with van der Waals surface area (Å²) in [6.45, 7) is 22.4. The van der Waals surface area contributed by atoms with Gasteiger partial charge in [0.25, 0.3) is 45.9 Å². The molecule has 0 saturated heterocycles. The van der Waals surface area contributed by atoms with Gasteiger partial charge in [-0.3, -0.25) is 38.4 Å². The molecule has 23 nitrogen and oxygen atoms in total. The third-order valence-corrected chi connectivity index (χ3v) is 25.5. The van der Waals surface area contributed by atoms with Crippen molar-refractivity contribution in [2.45, 2.75) is 146 Å². The fraction of sp³-hybridized carbons (Fsp3) is 0.252. The van der Waals surface area contributed by atoms with Crippen LogP contribution in [0.5, 0.6) is 17.2 Å². The van der Waals surface area contributed by atoms with Gasteiger partial charge in [0, 0.05) is 70.1 Å². The monoisotopic (exact) mass is 1870 g/mol. The molecule has 0 aliphatic carbocycles. The Labute approximate surface area is 793 Å². The van der Waals surface area contributed by atoms with E-state index in [-0.39, 0.29) is 34.8 Å². The maximum absolute atomic E-state index is 13.4. The standard InChI is InChI=1S/C31H32N2O3.C30H30N2O2.C23H23ClN4O3S.C23H26N2O5S2/c1-5-6-19-36-26-17-13-24(14-18-26)29-22(4)27(23-11-7-20(2)8-12-23)28(31(35)33-29)30(34)32-25-15-9-21(3)10-16-25;1-3-4-6-9-22-14-18-24(19-15-22)27-20-26(23-16-12-21(2)13-17-23)28(30(34)32-27)29(33)31-25-10-7-5-8-11-25;1-3-5-10-31-14-6-8-16(18(24)11-14)19-12-17(20-9-7-15(4-2)32-20)22(23(30)26-19)28-21(29)13-25-27-28;1-4-6-13-30-16-9-7-15(8-10-16)19-14-18(20-12-11-17(5-2)31-20)21(22(26)24-19)23(27)25-32(3,28)29/h7-18H,5-6,19H2,1-4H3,(H,32,34)(H,33,35);5,7-8,10-20H,3-4,6,9H2,1-2H3,(H,31,33)(H,32,34);6-9,11-12H,3-5,10,13H2,1-2H3,(H,26,30);7-12,14H,4-6,13H2,1-3H3,(H,24,26)(H,25,27). The number of para-hydroxylation sites is 1. The first-order valence-corrected chi connectivity index (χ1v) is 48.9. The van der Waals surface area contributed by atoms with Gasteiger partial charge in [0.15, 0.2) is 0 Å². The molecule has 8 aromatic carbocycles. The SMILES string of the molecule is CCCCCc1ccc(-c2cc(-c3ccc(C)cc3)c(C(=O)Nc3ccccc3)c(=O)[nH]2)cc1.CCCCOc1ccc(-c2[nH]c(=O)c(C(=O)Nc3ccc(C)cc3)c(-c3ccc(C)cc3)c2C)cc1.CCCCOc1ccc(-c2cc(-c3ccc(CC)s3)c(C(=O)NS(C)(=O)=O)c(=O)[nH]2)cc1.CCCCOc1ccc(-c2cc(-c3ccc(CC)s3)c(N3N=NCC3=O)c(=O)[nH]2)c(Cl)c1. The van der Waals surface area contributed by atoms with E-state index in [0.717, 1.165) is 140 Å². The summed E-state index contributed by atoms with van der Waals surface area (Å²) < 4.78 is 42.3. The van der Waals surface area contributed by atoms with Crippen LogP contribution in [0.2, 0.25) is 5.02 Å². The molecule has 692 valence electrons. The molecule has 0 unspecified atom stereocenters. The van der Waals surface area contributed by atoms with E-state index in [1.54, 1.807) is 35.6 Å². The van der Waals surface area contributed by atoms with E-state index >= 15 is 0 Å². The Bertz CT molecular complexity index is 6850. The van der Waals surface area contributed by atoms with Crippen LogP contribution < -0.4 is 56.8 Å². The van der Waals surface area contributed by atoms with E-state index in [1.165, 1.54) is 41.0 Å². The quantitative estimate of drug-likeness (QED) is 0.0188. The summed E-state index contributed by atoms with van der Waals surface area (Å²) >= 11 is 9.58. The van der Waals surface area contributed by atoms with Gasteiger partial charge in [-0.2, -0.15) is 10.1 Å². The van der Waals surface area contributed by atoms with Gasteiger partial charge in [-0.15, -0.1) is 22.7 Å². The van der Waals surface area contributed by atoms with Crippen LogP contribution in [-0.2, 0) is 34.1 Å². The van der Waals surface area contributed by atoms with Crippen LogP contribution in [-0.4, -0.2) is 84.6 Å². The summed E-state index contributed by atoms with van der Waals surface area (Å²) in [5, 5.41) is 14.9. The fourth-order valence-corrected chi connectivity index (χ4v) is 17.4. The third-order valence-electron chi connectivity index (χ3n) is 22.1. The number of nitrogens with one attached hydrogen (secondary N) is 7. The van der Waals surface area contributed by atoms with Crippen molar-refractivity contribution in [1.82, 2.24) is 24.7 Å². The average Bonchev–Trinajstić information content (AvgIpc) is 1.31. The van der Waals surface area contributed by atoms with Crippen LogP contribution in [0.25, 0.3) is 88.2 Å². The minimum atomic E-state index is -3.83. The Hall–Kier alpha value is -13.9. The number of ether oxygens (including phenoxy) is 3. The van der Waals surface area contributed by atoms with Gasteiger partial charge in [0.2, 0.25) is 10.0 Å². The predicted molar refractivity (Wildman–Crippen MR) is 543 cm³/mol. The molecule has 6 aromatic heterocycles. The highest BCUT2D eigenvalue weighted by Crippen LogP contribution is 2.41. The lowest BCUT2D eigenvalue weighted by atomic mass is 9.92. The number of aryl methyl sites for hydroxylation is 6. The van der Waals surface area contributed by atoms with Crippen LogP contribution in [0.4, 0.5) is 17.1 Å². The molecular formula is C107H111ClN10O13S3. The van der Waals surface area contributed by atoms with Crippen molar-refractivity contribution in [1.29, 1.82) is 0 Å². The molecule has 7 heterocycles. The van der Waals surface area contributed by atoms with Gasteiger partial charge in [-0.1, -0.05) is 210 Å². The minimum Gasteiger partial charge on any atom is -0.494 e. The Kier molecular flexibility index (Phi) is 35.1. The molecule has 1 aliphatic rings. The number of amides is 4. The van der Waals surface area contributed by atoms with E-state index in [4.69, 9.17) is 25.8 Å². The highest BCUT2D eigenvalue weighted by molar-refractivity contribution is 7.89. The largest absolute Gasteiger partial charge is 0.494 e. The smallest absolute Gasteiger partial charge is 0.275 e. The number of anilines is 3. The first kappa shape index (κ1) is 99.1. The summed E-state index contributed by atoms with van der Waals surface area (Å²) in [5.41, 5.74) is 14.4. The number of hydrogen-bond donors (Lipinski definition) is 7. The van der Waals surface area contributed by atoms with E-state index in [2.05, 4.69) is 87.7 Å². The lowest BCUT2D eigenvalue weighted by Gasteiger charge is -2.17. The molecule has 134 heavy (non-hydrogen) atoms. The van der Waals surface area contributed by atoms with E-state index < -0.39 is 50.0 Å². The molecular weight excluding hydrogens is 1760 g/mol. The summed E-state index contributed by atoms with van der Waals surface area (Å²) in [6, 6.07) is 74.3. The zero-order chi connectivity index (χ0) is 95.5. The number of H-pyrrole nitrogens is 4. The van der Waals surface area contributed by atoms with Crippen molar-refractivity contribution >= 4 is 85.0 Å². The first-order valence-electron chi connectivity index (χ1n) is 45.0. The topological polar surface area (TPSA) is 326 Å². The van der Waals surface area contributed by atoms with Gasteiger partial charge in [0.05, 0.1) is 42.5 Å². The molecule has 0 radical (unpaired) electrons. The summed E-state index contributed by atoms with van der Waals surface area (Å²) in [4.78, 5) is 120. The number of halogens is 1. The molecule has 0 saturated carbocycles. The number of benzene rings is 8. The van der Waals surface area contributed by atoms with E-state index in [1.807, 2.05) is 240 Å². The Morgan fingerprint density at radius 2 is 0.881 bits per heavy atom. The average molecular weight is 1880 g/mol. The lowest BCUT2D eigenvalue weighted by Crippen LogP contribution is -2.34. The Morgan fingerprint density at radius 1 is 0.433 bits per heavy atom. The zero-order valence-corrected chi connectivity index (χ0v) is 80.3. The summed E-state index contributed by atoms with van der Waals surface area (Å²) in [5.74, 6) is 0.0378. The number of carbonyl (C=O) groups excluding carboxylic acids is 4. The molecule has 4 amide bonds. The highest BCUT2D eigenvalue weighted by atomic mass is 35.5. The number of thiophene rings is 2. The van der Waals surface area contributed by atoms with Gasteiger partial charge < -0.3 is 44.8 Å². The fourth-order valence-electron chi connectivity index (χ4n) is 14.7. The van der Waals surface area contributed by atoms with Crippen molar-refractivity contribution in [2.24, 2.45) is 10.3 Å². The number of carbonyl (C=O) groups is 4. The molecule has 0 bridgehead atoms. The van der Waals surface area contributed by atoms with Crippen LogP contribution in [0.1, 0.15) is 168 Å². The molecule has 7 N–H and O–H groups in total. The number of sulfonamides is 1. The molecule has 15 rings (SSSR count). The van der Waals surface area contributed by atoms with Gasteiger partial charge in [-0.25, -0.2) is 13.1 Å². The number of nitrogens with zero attached hydrogens (tertiary/aromatic N) is 3. The number of hydrogen-bond acceptors (Lipinski definition) is 17. The van der Waals surface area contributed by atoms with Gasteiger partial charge in [-0.05, 0) is 245 Å². The van der Waals surface area contributed by atoms with Crippen LogP contribution >= 0.6 is 34.3 Å². The molecule has 0 atom stereocenters. The van der Waals surface area contributed by atoms with Crippen LogP contribution in [0, 0.1) is 27.7 Å². The van der Waals surface area contributed by atoms with Crippen LogP contribution in [0.15, 0.2) is 266 Å². The van der Waals surface area contributed by atoms with Crippen molar-refractivity contribution in [3.05, 3.63) is 337 Å². The molecule has 27 heteroatoms. The van der Waals surface area contributed by atoms with Crippen molar-refractivity contribution in [2.75, 3.05) is 48.3 Å². The second kappa shape index (κ2) is 47.4.